The first kappa shape index (κ1) is 21.2. The van der Waals surface area contributed by atoms with Crippen LogP contribution in [-0.4, -0.2) is 26.4 Å². The number of hydrogen-bond donors (Lipinski definition) is 1. The van der Waals surface area contributed by atoms with Crippen LogP contribution in [0.2, 0.25) is 0 Å². The Morgan fingerprint density at radius 3 is 2.62 bits per heavy atom. The van der Waals surface area contributed by atoms with E-state index in [0.29, 0.717) is 6.54 Å². The molecule has 150 valence electrons. The SMILES string of the molecule is C=CCn1c(C)nnc1SCC(=O)Nc1ccc(Sc2cc(C)ccc2C)cc1. The number of amides is 1. The largest absolute Gasteiger partial charge is 0.325 e. The number of aryl methyl sites for hydroxylation is 3. The predicted octanol–water partition coefficient (Wildman–Crippen LogP) is 5.27. The molecule has 1 N–H and O–H groups in total. The number of nitrogens with zero attached hydrogens (tertiary/aromatic N) is 3. The summed E-state index contributed by atoms with van der Waals surface area (Å²) in [6.07, 6.45) is 1.79. The minimum Gasteiger partial charge on any atom is -0.325 e. The van der Waals surface area contributed by atoms with Gasteiger partial charge in [0.15, 0.2) is 5.16 Å². The highest BCUT2D eigenvalue weighted by molar-refractivity contribution is 7.99. The van der Waals surface area contributed by atoms with Crippen LogP contribution in [0.3, 0.4) is 0 Å². The van der Waals surface area contributed by atoms with E-state index in [1.807, 2.05) is 35.8 Å². The van der Waals surface area contributed by atoms with Crippen molar-refractivity contribution in [3.63, 3.8) is 0 Å². The standard InChI is InChI=1S/C22H24N4OS2/c1-5-12-26-17(4)24-25-22(26)28-14-21(27)23-18-8-10-19(11-9-18)29-20-13-15(2)6-7-16(20)3/h5-11,13H,1,12,14H2,2-4H3,(H,23,27). The smallest absolute Gasteiger partial charge is 0.234 e. The summed E-state index contributed by atoms with van der Waals surface area (Å²) in [7, 11) is 0. The Morgan fingerprint density at radius 1 is 1.14 bits per heavy atom. The van der Waals surface area contributed by atoms with Crippen molar-refractivity contribution in [3.8, 4) is 0 Å². The normalized spacial score (nSPS) is 10.7. The summed E-state index contributed by atoms with van der Waals surface area (Å²) >= 11 is 3.10. The van der Waals surface area contributed by atoms with Crippen molar-refractivity contribution in [1.29, 1.82) is 0 Å². The summed E-state index contributed by atoms with van der Waals surface area (Å²) in [6.45, 7) is 10.5. The lowest BCUT2D eigenvalue weighted by molar-refractivity contribution is -0.113. The molecular weight excluding hydrogens is 400 g/mol. The van der Waals surface area contributed by atoms with Gasteiger partial charge in [0, 0.05) is 22.0 Å². The fraction of sp³-hybridized carbons (Fsp3) is 0.227. The molecule has 0 atom stereocenters. The Labute approximate surface area is 180 Å². The Bertz CT molecular complexity index is 1010. The number of thioether (sulfide) groups is 1. The second-order valence-corrected chi connectivity index (χ2v) is 8.72. The summed E-state index contributed by atoms with van der Waals surface area (Å²) in [4.78, 5) is 14.7. The topological polar surface area (TPSA) is 59.8 Å². The highest BCUT2D eigenvalue weighted by atomic mass is 32.2. The zero-order chi connectivity index (χ0) is 20.8. The third-order valence-electron chi connectivity index (χ3n) is 4.26. The first-order valence-electron chi connectivity index (χ1n) is 9.25. The van der Waals surface area contributed by atoms with E-state index in [2.05, 4.69) is 54.1 Å². The zero-order valence-corrected chi connectivity index (χ0v) is 18.4. The van der Waals surface area contributed by atoms with Crippen molar-refractivity contribution in [3.05, 3.63) is 72.1 Å². The van der Waals surface area contributed by atoms with Crippen molar-refractivity contribution in [2.24, 2.45) is 0 Å². The highest BCUT2D eigenvalue weighted by Gasteiger charge is 2.11. The Kier molecular flexibility index (Phi) is 7.17. The van der Waals surface area contributed by atoms with Crippen LogP contribution in [0.4, 0.5) is 5.69 Å². The molecular formula is C22H24N4OS2. The van der Waals surface area contributed by atoms with Crippen molar-refractivity contribution in [1.82, 2.24) is 14.8 Å². The van der Waals surface area contributed by atoms with Gasteiger partial charge in [0.1, 0.15) is 5.82 Å². The van der Waals surface area contributed by atoms with Crippen LogP contribution in [0.5, 0.6) is 0 Å². The third kappa shape index (κ3) is 5.74. The molecule has 1 aromatic heterocycles. The molecule has 0 radical (unpaired) electrons. The highest BCUT2D eigenvalue weighted by Crippen LogP contribution is 2.31. The number of carbonyl (C=O) groups is 1. The number of hydrogen-bond acceptors (Lipinski definition) is 5. The summed E-state index contributed by atoms with van der Waals surface area (Å²) in [6, 6.07) is 14.4. The zero-order valence-electron chi connectivity index (χ0n) is 16.8. The van der Waals surface area contributed by atoms with Gasteiger partial charge >= 0.3 is 0 Å². The fourth-order valence-electron chi connectivity index (χ4n) is 2.69. The van der Waals surface area contributed by atoms with Crippen LogP contribution in [0.25, 0.3) is 0 Å². The lowest BCUT2D eigenvalue weighted by Crippen LogP contribution is -2.14. The van der Waals surface area contributed by atoms with E-state index in [1.54, 1.807) is 17.8 Å². The van der Waals surface area contributed by atoms with Gasteiger partial charge in [0.25, 0.3) is 0 Å². The maximum absolute atomic E-state index is 12.3. The number of rotatable bonds is 8. The second-order valence-electron chi connectivity index (χ2n) is 6.66. The number of allylic oxidation sites excluding steroid dienone is 1. The molecule has 0 bridgehead atoms. The molecule has 0 aliphatic heterocycles. The molecule has 0 saturated carbocycles. The molecule has 0 spiro atoms. The lowest BCUT2D eigenvalue weighted by atomic mass is 10.2. The van der Waals surface area contributed by atoms with Gasteiger partial charge in [-0.1, -0.05) is 41.7 Å². The molecule has 0 fully saturated rings. The fourth-order valence-corrected chi connectivity index (χ4v) is 4.48. The average Bonchev–Trinajstić information content (AvgIpc) is 3.05. The Hall–Kier alpha value is -2.51. The number of anilines is 1. The third-order valence-corrected chi connectivity index (χ3v) is 6.39. The van der Waals surface area contributed by atoms with Gasteiger partial charge in [-0.2, -0.15) is 0 Å². The minimum atomic E-state index is -0.0734. The van der Waals surface area contributed by atoms with Crippen LogP contribution >= 0.6 is 23.5 Å². The van der Waals surface area contributed by atoms with Gasteiger partial charge in [-0.05, 0) is 62.2 Å². The molecule has 3 aromatic rings. The molecule has 0 aliphatic rings. The molecule has 5 nitrogen and oxygen atoms in total. The van der Waals surface area contributed by atoms with E-state index in [1.165, 1.54) is 27.8 Å². The van der Waals surface area contributed by atoms with E-state index in [4.69, 9.17) is 0 Å². The van der Waals surface area contributed by atoms with Crippen molar-refractivity contribution >= 4 is 35.1 Å². The molecule has 3 rings (SSSR count). The number of nitrogens with one attached hydrogen (secondary N) is 1. The predicted molar refractivity (Wildman–Crippen MR) is 121 cm³/mol. The van der Waals surface area contributed by atoms with Gasteiger partial charge in [0.2, 0.25) is 5.91 Å². The molecule has 29 heavy (non-hydrogen) atoms. The minimum absolute atomic E-state index is 0.0734. The average molecular weight is 425 g/mol. The van der Waals surface area contributed by atoms with Gasteiger partial charge in [0.05, 0.1) is 5.75 Å². The van der Waals surface area contributed by atoms with E-state index in [9.17, 15) is 4.79 Å². The molecule has 2 aromatic carbocycles. The van der Waals surface area contributed by atoms with Gasteiger partial charge in [-0.3, -0.25) is 4.79 Å². The van der Waals surface area contributed by atoms with Gasteiger partial charge < -0.3 is 9.88 Å². The molecule has 0 unspecified atom stereocenters. The van der Waals surface area contributed by atoms with Crippen molar-refractivity contribution in [2.45, 2.75) is 42.3 Å². The summed E-state index contributed by atoms with van der Waals surface area (Å²) in [5.41, 5.74) is 3.29. The second kappa shape index (κ2) is 9.80. The molecule has 0 aliphatic carbocycles. The van der Waals surface area contributed by atoms with Crippen LogP contribution in [0, 0.1) is 20.8 Å². The lowest BCUT2D eigenvalue weighted by Gasteiger charge is -2.09. The number of benzene rings is 2. The monoisotopic (exact) mass is 424 g/mol. The van der Waals surface area contributed by atoms with E-state index >= 15 is 0 Å². The van der Waals surface area contributed by atoms with E-state index in [0.717, 1.165) is 21.6 Å². The van der Waals surface area contributed by atoms with Crippen LogP contribution in [0.1, 0.15) is 17.0 Å². The first-order valence-corrected chi connectivity index (χ1v) is 11.0. The van der Waals surface area contributed by atoms with Crippen LogP contribution in [-0.2, 0) is 11.3 Å². The Balaban J connectivity index is 1.56. The van der Waals surface area contributed by atoms with Crippen LogP contribution in [0.15, 0.2) is 70.1 Å². The molecule has 1 heterocycles. The summed E-state index contributed by atoms with van der Waals surface area (Å²) in [5.74, 6) is 1.01. The maximum atomic E-state index is 12.3. The quantitative estimate of drug-likeness (QED) is 0.394. The van der Waals surface area contributed by atoms with Crippen molar-refractivity contribution < 1.29 is 4.79 Å². The molecule has 7 heteroatoms. The molecule has 0 saturated heterocycles. The van der Waals surface area contributed by atoms with E-state index in [-0.39, 0.29) is 11.7 Å². The summed E-state index contributed by atoms with van der Waals surface area (Å²) < 4.78 is 1.93. The Morgan fingerprint density at radius 2 is 1.90 bits per heavy atom. The first-order chi connectivity index (χ1) is 14.0. The van der Waals surface area contributed by atoms with Gasteiger partial charge in [-0.25, -0.2) is 0 Å². The number of carbonyl (C=O) groups excluding carboxylic acids is 1. The van der Waals surface area contributed by atoms with Gasteiger partial charge in [-0.15, -0.1) is 16.8 Å². The number of aromatic nitrogens is 3. The van der Waals surface area contributed by atoms with Crippen molar-refractivity contribution in [2.75, 3.05) is 11.1 Å². The van der Waals surface area contributed by atoms with Crippen LogP contribution < -0.4 is 5.32 Å². The summed E-state index contributed by atoms with van der Waals surface area (Å²) in [5, 5.41) is 11.8. The molecule has 1 amide bonds. The maximum Gasteiger partial charge on any atom is 0.234 e. The van der Waals surface area contributed by atoms with E-state index < -0.39 is 0 Å².